The van der Waals surface area contributed by atoms with Crippen LogP contribution >= 0.6 is 34.8 Å². The zero-order chi connectivity index (χ0) is 24.9. The SMILES string of the molecule is C=CC(C)(C)OC[C@H](NC(=O)OCC1c2ccccc2-c2ccccc21)C(=O)OCC(Cl)(Cl)Cl. The van der Waals surface area contributed by atoms with Gasteiger partial charge in [-0.3, -0.25) is 0 Å². The third-order valence-corrected chi connectivity index (χ3v) is 5.74. The Morgan fingerprint density at radius 1 is 1.03 bits per heavy atom. The van der Waals surface area contributed by atoms with Crippen LogP contribution in [0.4, 0.5) is 4.79 Å². The van der Waals surface area contributed by atoms with E-state index in [0.717, 1.165) is 22.3 Å². The van der Waals surface area contributed by atoms with E-state index < -0.39 is 34.1 Å². The van der Waals surface area contributed by atoms with Crippen LogP contribution in [0.3, 0.4) is 0 Å². The Morgan fingerprint density at radius 2 is 1.59 bits per heavy atom. The van der Waals surface area contributed by atoms with Crippen molar-refractivity contribution in [2.24, 2.45) is 0 Å². The van der Waals surface area contributed by atoms with Gasteiger partial charge in [-0.15, -0.1) is 6.58 Å². The van der Waals surface area contributed by atoms with Crippen LogP contribution in [0.1, 0.15) is 30.9 Å². The van der Waals surface area contributed by atoms with Crippen LogP contribution in [-0.2, 0) is 19.0 Å². The first kappa shape index (κ1) is 26.4. The Labute approximate surface area is 214 Å². The molecule has 1 amide bonds. The number of benzene rings is 2. The highest BCUT2D eigenvalue weighted by Gasteiger charge is 2.32. The van der Waals surface area contributed by atoms with Crippen molar-refractivity contribution in [2.75, 3.05) is 19.8 Å². The smallest absolute Gasteiger partial charge is 0.407 e. The average Bonchev–Trinajstić information content (AvgIpc) is 3.12. The van der Waals surface area contributed by atoms with E-state index in [1.807, 2.05) is 48.5 Å². The molecular formula is C25H26Cl3NO5. The number of alkyl carbamates (subject to hydrolysis) is 1. The van der Waals surface area contributed by atoms with Crippen molar-refractivity contribution in [3.05, 3.63) is 72.3 Å². The minimum atomic E-state index is -1.79. The van der Waals surface area contributed by atoms with Crippen molar-refractivity contribution >= 4 is 46.9 Å². The molecule has 0 spiro atoms. The molecule has 1 N–H and O–H groups in total. The Bertz CT molecular complexity index is 1010. The van der Waals surface area contributed by atoms with Crippen molar-refractivity contribution in [1.82, 2.24) is 5.32 Å². The summed E-state index contributed by atoms with van der Waals surface area (Å²) >= 11 is 17.0. The summed E-state index contributed by atoms with van der Waals surface area (Å²) in [6.07, 6.45) is 0.780. The van der Waals surface area contributed by atoms with Gasteiger partial charge in [0, 0.05) is 5.92 Å². The Hall–Kier alpha value is -2.25. The van der Waals surface area contributed by atoms with Crippen molar-refractivity contribution in [1.29, 1.82) is 0 Å². The molecule has 1 aliphatic carbocycles. The van der Waals surface area contributed by atoms with Gasteiger partial charge < -0.3 is 19.5 Å². The van der Waals surface area contributed by atoms with E-state index in [2.05, 4.69) is 11.9 Å². The van der Waals surface area contributed by atoms with Gasteiger partial charge in [-0.25, -0.2) is 9.59 Å². The Kier molecular flexibility index (Phi) is 8.52. The molecule has 0 aliphatic heterocycles. The molecule has 1 atom stereocenters. The van der Waals surface area contributed by atoms with Crippen LogP contribution in [0.25, 0.3) is 11.1 Å². The van der Waals surface area contributed by atoms with E-state index in [1.54, 1.807) is 19.9 Å². The molecule has 2 aromatic carbocycles. The number of nitrogens with one attached hydrogen (secondary N) is 1. The number of halogens is 3. The molecule has 182 valence electrons. The molecule has 0 fully saturated rings. The first-order valence-corrected chi connectivity index (χ1v) is 11.8. The van der Waals surface area contributed by atoms with Gasteiger partial charge in [0.25, 0.3) is 0 Å². The molecule has 0 radical (unpaired) electrons. The summed E-state index contributed by atoms with van der Waals surface area (Å²) in [6, 6.07) is 14.8. The van der Waals surface area contributed by atoms with Gasteiger partial charge in [0.05, 0.1) is 12.2 Å². The van der Waals surface area contributed by atoms with E-state index in [-0.39, 0.29) is 19.1 Å². The summed E-state index contributed by atoms with van der Waals surface area (Å²) in [5, 5.41) is 2.50. The molecule has 0 bridgehead atoms. The molecule has 0 unspecified atom stereocenters. The number of rotatable bonds is 9. The predicted octanol–water partition coefficient (Wildman–Crippen LogP) is 5.79. The van der Waals surface area contributed by atoms with Gasteiger partial charge in [0.2, 0.25) is 3.79 Å². The maximum atomic E-state index is 12.6. The van der Waals surface area contributed by atoms with Crippen molar-refractivity contribution in [3.63, 3.8) is 0 Å². The minimum Gasteiger partial charge on any atom is -0.460 e. The number of amides is 1. The predicted molar refractivity (Wildman–Crippen MR) is 133 cm³/mol. The fourth-order valence-corrected chi connectivity index (χ4v) is 3.73. The third kappa shape index (κ3) is 6.89. The largest absolute Gasteiger partial charge is 0.460 e. The number of carbonyl (C=O) groups excluding carboxylic acids is 2. The van der Waals surface area contributed by atoms with Crippen molar-refractivity contribution < 1.29 is 23.8 Å². The van der Waals surface area contributed by atoms with Gasteiger partial charge in [0.1, 0.15) is 13.2 Å². The van der Waals surface area contributed by atoms with E-state index in [0.29, 0.717) is 0 Å². The lowest BCUT2D eigenvalue weighted by Crippen LogP contribution is -2.47. The van der Waals surface area contributed by atoms with Gasteiger partial charge in [-0.2, -0.15) is 0 Å². The molecule has 0 aromatic heterocycles. The number of hydrogen-bond donors (Lipinski definition) is 1. The summed E-state index contributed by atoms with van der Waals surface area (Å²) in [6.45, 7) is 6.63. The first-order chi connectivity index (χ1) is 16.0. The Balaban J connectivity index is 1.67. The molecule has 34 heavy (non-hydrogen) atoms. The lowest BCUT2D eigenvalue weighted by molar-refractivity contribution is -0.148. The summed E-state index contributed by atoms with van der Waals surface area (Å²) in [4.78, 5) is 25.2. The number of fused-ring (bicyclic) bond motifs is 3. The lowest BCUT2D eigenvalue weighted by Gasteiger charge is -2.25. The average molecular weight is 527 g/mol. The van der Waals surface area contributed by atoms with Crippen LogP contribution in [0.5, 0.6) is 0 Å². The zero-order valence-corrected chi connectivity index (χ0v) is 21.1. The molecular weight excluding hydrogens is 501 g/mol. The van der Waals surface area contributed by atoms with Crippen LogP contribution in [-0.4, -0.2) is 47.3 Å². The lowest BCUT2D eigenvalue weighted by atomic mass is 9.98. The van der Waals surface area contributed by atoms with Crippen LogP contribution in [0, 0.1) is 0 Å². The van der Waals surface area contributed by atoms with Crippen LogP contribution < -0.4 is 5.32 Å². The second-order valence-electron chi connectivity index (χ2n) is 8.36. The quantitative estimate of drug-likeness (QED) is 0.254. The second-order valence-corrected chi connectivity index (χ2v) is 10.9. The third-order valence-electron chi connectivity index (χ3n) is 5.41. The summed E-state index contributed by atoms with van der Waals surface area (Å²) in [5.74, 6) is -0.941. The van der Waals surface area contributed by atoms with E-state index in [9.17, 15) is 9.59 Å². The second kappa shape index (κ2) is 11.0. The number of esters is 1. The zero-order valence-electron chi connectivity index (χ0n) is 18.9. The highest BCUT2D eigenvalue weighted by atomic mass is 35.6. The highest BCUT2D eigenvalue weighted by molar-refractivity contribution is 6.67. The molecule has 6 nitrogen and oxygen atoms in total. The molecule has 9 heteroatoms. The molecule has 0 heterocycles. The van der Waals surface area contributed by atoms with Gasteiger partial charge >= 0.3 is 12.1 Å². The standard InChI is InChI=1S/C25H26Cl3NO5/c1-4-24(2,3)34-14-21(22(30)33-15-25(26,27)28)29-23(31)32-13-20-18-11-7-5-9-16(18)17-10-6-8-12-19(17)20/h4-12,20-21H,1,13-15H2,2-3H3,(H,29,31)/t21-/m0/s1. The van der Waals surface area contributed by atoms with Crippen molar-refractivity contribution in [3.8, 4) is 11.1 Å². The molecule has 2 aromatic rings. The monoisotopic (exact) mass is 525 g/mol. The van der Waals surface area contributed by atoms with Crippen LogP contribution in [0.2, 0.25) is 0 Å². The number of ether oxygens (including phenoxy) is 3. The van der Waals surface area contributed by atoms with Gasteiger partial charge in [-0.1, -0.05) is 89.4 Å². The number of alkyl halides is 3. The fourth-order valence-electron chi connectivity index (χ4n) is 3.56. The summed E-state index contributed by atoms with van der Waals surface area (Å²) in [5.41, 5.74) is 3.63. The minimum absolute atomic E-state index is 0.0921. The topological polar surface area (TPSA) is 73.9 Å². The summed E-state index contributed by atoms with van der Waals surface area (Å²) in [7, 11) is 0. The number of carbonyl (C=O) groups is 2. The molecule has 3 rings (SSSR count). The number of hydrogen-bond acceptors (Lipinski definition) is 5. The van der Waals surface area contributed by atoms with Gasteiger partial charge in [-0.05, 0) is 36.1 Å². The van der Waals surface area contributed by atoms with E-state index in [4.69, 9.17) is 49.0 Å². The van der Waals surface area contributed by atoms with E-state index in [1.165, 1.54) is 0 Å². The molecule has 0 saturated heterocycles. The molecule has 0 saturated carbocycles. The van der Waals surface area contributed by atoms with Crippen molar-refractivity contribution in [2.45, 2.75) is 35.2 Å². The Morgan fingerprint density at radius 3 is 2.12 bits per heavy atom. The van der Waals surface area contributed by atoms with Crippen LogP contribution in [0.15, 0.2) is 61.2 Å². The maximum Gasteiger partial charge on any atom is 0.407 e. The normalized spacial score (nSPS) is 14.0. The highest BCUT2D eigenvalue weighted by Crippen LogP contribution is 2.44. The fraction of sp³-hybridized carbons (Fsp3) is 0.360. The molecule has 1 aliphatic rings. The van der Waals surface area contributed by atoms with E-state index >= 15 is 0 Å². The summed E-state index contributed by atoms with van der Waals surface area (Å²) < 4.78 is 14.4. The van der Waals surface area contributed by atoms with Gasteiger partial charge in [0.15, 0.2) is 6.04 Å². The maximum absolute atomic E-state index is 12.6. The first-order valence-electron chi connectivity index (χ1n) is 10.6.